The highest BCUT2D eigenvalue weighted by Crippen LogP contribution is 2.32. The number of sulfonamides is 1. The lowest BCUT2D eigenvalue weighted by molar-refractivity contribution is 0.355. The van der Waals surface area contributed by atoms with Crippen LogP contribution in [0.3, 0.4) is 0 Å². The number of fused-ring (bicyclic) bond motifs is 1. The number of hydrogen-bond acceptors (Lipinski definition) is 7. The molecule has 3 N–H and O–H groups in total. The minimum atomic E-state index is -3.54. The van der Waals surface area contributed by atoms with E-state index >= 15 is 0 Å². The molecule has 3 aromatic rings. The Morgan fingerprint density at radius 1 is 1.19 bits per heavy atom. The van der Waals surface area contributed by atoms with Gasteiger partial charge < -0.3 is 14.8 Å². The summed E-state index contributed by atoms with van der Waals surface area (Å²) in [7, 11) is -0.386. The van der Waals surface area contributed by atoms with Crippen molar-refractivity contribution >= 4 is 21.5 Å². The van der Waals surface area contributed by atoms with E-state index in [2.05, 4.69) is 15.3 Å². The van der Waals surface area contributed by atoms with Crippen molar-refractivity contribution in [1.29, 1.82) is 0 Å². The van der Waals surface area contributed by atoms with Crippen molar-refractivity contribution in [3.8, 4) is 22.8 Å². The summed E-state index contributed by atoms with van der Waals surface area (Å²) in [5.74, 6) is 1.53. The molecule has 26 heavy (non-hydrogen) atoms. The highest BCUT2D eigenvalue weighted by molar-refractivity contribution is 7.89. The second-order valence-electron chi connectivity index (χ2n) is 5.48. The smallest absolute Gasteiger partial charge is 0.210 e. The van der Waals surface area contributed by atoms with Crippen LogP contribution >= 0.6 is 0 Å². The first-order valence-electron chi connectivity index (χ1n) is 7.72. The summed E-state index contributed by atoms with van der Waals surface area (Å²) >= 11 is 0. The molecule has 9 nitrogen and oxygen atoms in total. The highest BCUT2D eigenvalue weighted by atomic mass is 32.2. The van der Waals surface area contributed by atoms with Gasteiger partial charge >= 0.3 is 0 Å². The zero-order valence-corrected chi connectivity index (χ0v) is 15.2. The largest absolute Gasteiger partial charge is 0.493 e. The Labute approximate surface area is 150 Å². The van der Waals surface area contributed by atoms with Crippen molar-refractivity contribution in [2.24, 2.45) is 5.14 Å². The van der Waals surface area contributed by atoms with Gasteiger partial charge in [0, 0.05) is 24.5 Å². The van der Waals surface area contributed by atoms with Crippen LogP contribution in [0.15, 0.2) is 36.8 Å². The monoisotopic (exact) mass is 377 g/mol. The molecule has 3 rings (SSSR count). The summed E-state index contributed by atoms with van der Waals surface area (Å²) in [5, 5.41) is 7.96. The zero-order valence-electron chi connectivity index (χ0n) is 14.3. The van der Waals surface area contributed by atoms with Crippen LogP contribution in [0.4, 0.5) is 5.82 Å². The van der Waals surface area contributed by atoms with Gasteiger partial charge in [-0.1, -0.05) is 0 Å². The molecule has 0 atom stereocenters. The molecule has 0 saturated heterocycles. The Balaban J connectivity index is 1.95. The molecular formula is C16H19N5O4S. The molecule has 0 amide bonds. The molecular weight excluding hydrogens is 358 g/mol. The molecule has 1 aromatic carbocycles. The normalized spacial score (nSPS) is 11.5. The van der Waals surface area contributed by atoms with Crippen molar-refractivity contribution in [1.82, 2.24) is 14.4 Å². The topological polar surface area (TPSA) is 121 Å². The Morgan fingerprint density at radius 3 is 2.65 bits per heavy atom. The minimum Gasteiger partial charge on any atom is -0.493 e. The average molecular weight is 377 g/mol. The molecule has 0 spiro atoms. The number of ether oxygens (including phenoxy) is 2. The van der Waals surface area contributed by atoms with Crippen molar-refractivity contribution in [3.05, 3.63) is 36.8 Å². The number of imidazole rings is 1. The maximum atomic E-state index is 11.1. The number of nitrogens with two attached hydrogens (primary N) is 1. The van der Waals surface area contributed by atoms with Gasteiger partial charge in [-0.15, -0.1) is 0 Å². The third kappa shape index (κ3) is 3.70. The van der Waals surface area contributed by atoms with Crippen LogP contribution in [0.1, 0.15) is 0 Å². The Kier molecular flexibility index (Phi) is 4.96. The van der Waals surface area contributed by atoms with Crippen molar-refractivity contribution < 1.29 is 17.9 Å². The molecule has 0 fully saturated rings. The van der Waals surface area contributed by atoms with Crippen LogP contribution in [0, 0.1) is 0 Å². The number of primary sulfonamides is 1. The second kappa shape index (κ2) is 7.18. The molecule has 2 aromatic heterocycles. The lowest BCUT2D eigenvalue weighted by Crippen LogP contribution is -2.22. The molecule has 0 saturated carbocycles. The van der Waals surface area contributed by atoms with Gasteiger partial charge in [0.2, 0.25) is 10.0 Å². The quantitative estimate of drug-likeness (QED) is 0.633. The number of rotatable bonds is 7. The van der Waals surface area contributed by atoms with Crippen LogP contribution in [0.5, 0.6) is 11.5 Å². The number of nitrogens with one attached hydrogen (secondary N) is 1. The SMILES string of the molecule is COc1ccc(-c2cnc3c(NCCS(N)(=O)=O)nccn23)cc1OC. The first kappa shape index (κ1) is 18.0. The molecule has 138 valence electrons. The Bertz CT molecular complexity index is 1030. The zero-order chi connectivity index (χ0) is 18.7. The predicted octanol–water partition coefficient (Wildman–Crippen LogP) is 1.11. The summed E-state index contributed by atoms with van der Waals surface area (Å²) in [6, 6.07) is 5.58. The van der Waals surface area contributed by atoms with Gasteiger partial charge in [0.15, 0.2) is 23.0 Å². The number of nitrogens with zero attached hydrogens (tertiary/aromatic N) is 3. The summed E-state index contributed by atoms with van der Waals surface area (Å²) in [5.41, 5.74) is 2.29. The van der Waals surface area contributed by atoms with E-state index in [1.807, 2.05) is 22.6 Å². The molecule has 0 unspecified atom stereocenters. The lowest BCUT2D eigenvalue weighted by Gasteiger charge is -2.10. The number of hydrogen-bond donors (Lipinski definition) is 2. The number of benzene rings is 1. The first-order chi connectivity index (χ1) is 12.4. The van der Waals surface area contributed by atoms with Gasteiger partial charge in [-0.25, -0.2) is 23.5 Å². The number of anilines is 1. The van der Waals surface area contributed by atoms with Gasteiger partial charge in [-0.05, 0) is 18.2 Å². The fourth-order valence-corrected chi connectivity index (χ4v) is 2.95. The average Bonchev–Trinajstić information content (AvgIpc) is 3.05. The predicted molar refractivity (Wildman–Crippen MR) is 98.0 cm³/mol. The van der Waals surface area contributed by atoms with Crippen molar-refractivity contribution in [3.63, 3.8) is 0 Å². The fraction of sp³-hybridized carbons (Fsp3) is 0.250. The highest BCUT2D eigenvalue weighted by Gasteiger charge is 2.13. The van der Waals surface area contributed by atoms with E-state index in [1.54, 1.807) is 32.8 Å². The molecule has 0 aliphatic rings. The first-order valence-corrected chi connectivity index (χ1v) is 9.43. The van der Waals surface area contributed by atoms with Crippen LogP contribution < -0.4 is 19.9 Å². The minimum absolute atomic E-state index is 0.143. The van der Waals surface area contributed by atoms with Gasteiger partial charge in [-0.2, -0.15) is 0 Å². The van der Waals surface area contributed by atoms with Crippen LogP contribution in [0.2, 0.25) is 0 Å². The van der Waals surface area contributed by atoms with Crippen LogP contribution in [-0.2, 0) is 10.0 Å². The number of aromatic nitrogens is 3. The number of methoxy groups -OCH3 is 2. The maximum absolute atomic E-state index is 11.1. The molecule has 0 radical (unpaired) electrons. The summed E-state index contributed by atoms with van der Waals surface area (Å²) < 4.78 is 34.6. The maximum Gasteiger partial charge on any atom is 0.210 e. The molecule has 0 bridgehead atoms. The van der Waals surface area contributed by atoms with E-state index in [9.17, 15) is 8.42 Å². The van der Waals surface area contributed by atoms with Crippen molar-refractivity contribution in [2.45, 2.75) is 0 Å². The summed E-state index contributed by atoms with van der Waals surface area (Å²) in [6.07, 6.45) is 5.10. The van der Waals surface area contributed by atoms with Gasteiger partial charge in [0.25, 0.3) is 0 Å². The van der Waals surface area contributed by atoms with E-state index in [0.29, 0.717) is 23.0 Å². The van der Waals surface area contributed by atoms with Crippen LogP contribution in [-0.4, -0.2) is 49.3 Å². The summed E-state index contributed by atoms with van der Waals surface area (Å²) in [6.45, 7) is 0.143. The van der Waals surface area contributed by atoms with E-state index in [1.165, 1.54) is 0 Å². The molecule has 0 aliphatic heterocycles. The Hall–Kier alpha value is -2.85. The molecule has 10 heteroatoms. The molecule has 0 aliphatic carbocycles. The van der Waals surface area contributed by atoms with Crippen LogP contribution in [0.25, 0.3) is 16.9 Å². The summed E-state index contributed by atoms with van der Waals surface area (Å²) in [4.78, 5) is 8.61. The Morgan fingerprint density at radius 2 is 1.96 bits per heavy atom. The lowest BCUT2D eigenvalue weighted by atomic mass is 10.1. The van der Waals surface area contributed by atoms with E-state index < -0.39 is 10.0 Å². The van der Waals surface area contributed by atoms with E-state index in [0.717, 1.165) is 11.3 Å². The van der Waals surface area contributed by atoms with Gasteiger partial charge in [-0.3, -0.25) is 4.40 Å². The fourth-order valence-electron chi connectivity index (χ4n) is 2.56. The van der Waals surface area contributed by atoms with E-state index in [4.69, 9.17) is 14.6 Å². The third-order valence-corrected chi connectivity index (χ3v) is 4.56. The molecule has 2 heterocycles. The van der Waals surface area contributed by atoms with Crippen molar-refractivity contribution in [2.75, 3.05) is 31.8 Å². The van der Waals surface area contributed by atoms with E-state index in [-0.39, 0.29) is 12.3 Å². The second-order valence-corrected chi connectivity index (χ2v) is 7.21. The van der Waals surface area contributed by atoms with Gasteiger partial charge in [0.05, 0.1) is 31.9 Å². The van der Waals surface area contributed by atoms with Gasteiger partial charge in [0.1, 0.15) is 0 Å². The third-order valence-electron chi connectivity index (χ3n) is 3.79. The standard InChI is InChI=1S/C16H19N5O4S/c1-24-13-4-3-11(9-14(13)25-2)12-10-20-16-15(18-5-7-21(12)16)19-6-8-26(17,22)23/h3-5,7,9-10H,6,8H2,1-2H3,(H,18,19)(H2,17,22,23).